The van der Waals surface area contributed by atoms with Gasteiger partial charge < -0.3 is 10.6 Å². The van der Waals surface area contributed by atoms with Crippen LogP contribution in [0.2, 0.25) is 5.02 Å². The Morgan fingerprint density at radius 1 is 1.00 bits per heavy atom. The van der Waals surface area contributed by atoms with Gasteiger partial charge in [-0.25, -0.2) is 14.4 Å². The monoisotopic (exact) mass is 356 g/mol. The zero-order valence-corrected chi connectivity index (χ0v) is 14.5. The Bertz CT molecular complexity index is 852. The lowest BCUT2D eigenvalue weighted by molar-refractivity contribution is 0.628. The van der Waals surface area contributed by atoms with Crippen LogP contribution in [0, 0.1) is 12.7 Å². The smallest absolute Gasteiger partial charge is 0.136 e. The summed E-state index contributed by atoms with van der Waals surface area (Å²) in [6.45, 7) is 2.56. The average Bonchev–Trinajstić information content (AvgIpc) is 2.57. The molecule has 0 aliphatic rings. The number of nitrogens with one attached hydrogen (secondary N) is 2. The second-order valence-corrected chi connectivity index (χ2v) is 6.06. The molecule has 0 aliphatic carbocycles. The molecular weight excluding hydrogens is 339 g/mol. The maximum atomic E-state index is 13.0. The van der Waals surface area contributed by atoms with Gasteiger partial charge in [-0.05, 0) is 55.3 Å². The summed E-state index contributed by atoms with van der Waals surface area (Å²) in [5, 5.41) is 7.18. The Hall–Kier alpha value is -2.66. The lowest BCUT2D eigenvalue weighted by atomic mass is 10.1. The zero-order valence-electron chi connectivity index (χ0n) is 13.8. The highest BCUT2D eigenvalue weighted by Gasteiger charge is 2.03. The first-order valence-electron chi connectivity index (χ1n) is 7.95. The van der Waals surface area contributed by atoms with Crippen LogP contribution >= 0.6 is 11.6 Å². The molecule has 1 aromatic heterocycles. The molecule has 128 valence electrons. The van der Waals surface area contributed by atoms with E-state index in [0.29, 0.717) is 11.6 Å². The van der Waals surface area contributed by atoms with Gasteiger partial charge in [-0.1, -0.05) is 23.7 Å². The van der Waals surface area contributed by atoms with Crippen molar-refractivity contribution in [1.82, 2.24) is 9.97 Å². The van der Waals surface area contributed by atoms with E-state index in [-0.39, 0.29) is 5.82 Å². The Kier molecular flexibility index (Phi) is 5.46. The summed E-state index contributed by atoms with van der Waals surface area (Å²) in [7, 11) is 0. The summed E-state index contributed by atoms with van der Waals surface area (Å²) in [4.78, 5) is 8.75. The highest BCUT2D eigenvalue weighted by atomic mass is 35.5. The molecule has 25 heavy (non-hydrogen) atoms. The molecule has 0 saturated heterocycles. The fourth-order valence-corrected chi connectivity index (χ4v) is 2.64. The lowest BCUT2D eigenvalue weighted by Gasteiger charge is -2.10. The van der Waals surface area contributed by atoms with E-state index in [1.54, 1.807) is 12.1 Å². The van der Waals surface area contributed by atoms with Crippen molar-refractivity contribution < 1.29 is 4.39 Å². The van der Waals surface area contributed by atoms with Crippen molar-refractivity contribution in [2.75, 3.05) is 17.2 Å². The van der Waals surface area contributed by atoms with E-state index in [9.17, 15) is 4.39 Å². The van der Waals surface area contributed by atoms with Gasteiger partial charge in [0.2, 0.25) is 0 Å². The molecule has 2 aromatic carbocycles. The minimum atomic E-state index is -0.271. The molecule has 0 radical (unpaired) electrons. The number of hydrogen-bond acceptors (Lipinski definition) is 4. The van der Waals surface area contributed by atoms with Crippen LogP contribution in [0.4, 0.5) is 21.7 Å². The highest BCUT2D eigenvalue weighted by molar-refractivity contribution is 6.30. The third kappa shape index (κ3) is 5.16. The van der Waals surface area contributed by atoms with Crippen molar-refractivity contribution >= 4 is 28.9 Å². The lowest BCUT2D eigenvalue weighted by Crippen LogP contribution is -2.08. The fourth-order valence-electron chi connectivity index (χ4n) is 2.43. The molecule has 0 spiro atoms. The summed E-state index contributed by atoms with van der Waals surface area (Å²) < 4.78 is 13.0. The van der Waals surface area contributed by atoms with E-state index in [1.807, 2.05) is 37.3 Å². The zero-order chi connectivity index (χ0) is 17.6. The molecule has 0 saturated carbocycles. The minimum absolute atomic E-state index is 0.271. The van der Waals surface area contributed by atoms with Gasteiger partial charge >= 0.3 is 0 Å². The molecule has 0 unspecified atom stereocenters. The number of benzene rings is 2. The van der Waals surface area contributed by atoms with Crippen LogP contribution in [0.1, 0.15) is 11.4 Å². The third-order valence-corrected chi connectivity index (χ3v) is 3.80. The van der Waals surface area contributed by atoms with Gasteiger partial charge in [0.15, 0.2) is 0 Å². The van der Waals surface area contributed by atoms with Crippen LogP contribution in [0.25, 0.3) is 0 Å². The largest absolute Gasteiger partial charge is 0.370 e. The normalized spacial score (nSPS) is 10.5. The van der Waals surface area contributed by atoms with Crippen molar-refractivity contribution in [3.05, 3.63) is 76.8 Å². The quantitative estimate of drug-likeness (QED) is 0.654. The number of nitrogens with zero attached hydrogens (tertiary/aromatic N) is 2. The van der Waals surface area contributed by atoms with E-state index >= 15 is 0 Å². The first-order chi connectivity index (χ1) is 12.1. The average molecular weight is 357 g/mol. The topological polar surface area (TPSA) is 49.8 Å². The number of aryl methyl sites for hydroxylation is 1. The molecule has 0 amide bonds. The SMILES string of the molecule is Cc1nc(NCCc2cccc(Cl)c2)cc(Nc2ccc(F)cc2)n1. The second-order valence-electron chi connectivity index (χ2n) is 5.62. The highest BCUT2D eigenvalue weighted by Crippen LogP contribution is 2.18. The van der Waals surface area contributed by atoms with Crippen molar-refractivity contribution in [3.63, 3.8) is 0 Å². The molecule has 6 heteroatoms. The van der Waals surface area contributed by atoms with E-state index < -0.39 is 0 Å². The Morgan fingerprint density at radius 3 is 2.52 bits per heavy atom. The van der Waals surface area contributed by atoms with E-state index in [4.69, 9.17) is 11.6 Å². The number of hydrogen-bond donors (Lipinski definition) is 2. The van der Waals surface area contributed by atoms with Crippen LogP contribution in [-0.4, -0.2) is 16.5 Å². The molecule has 2 N–H and O–H groups in total. The summed E-state index contributed by atoms with van der Waals surface area (Å²) >= 11 is 6.00. The number of aromatic nitrogens is 2. The standard InChI is InChI=1S/C19H18ClFN4/c1-13-23-18(22-10-9-14-3-2-4-15(20)11-14)12-19(24-13)25-17-7-5-16(21)6-8-17/h2-8,11-12H,9-10H2,1H3,(H2,22,23,24,25). The van der Waals surface area contributed by atoms with Crippen LogP contribution < -0.4 is 10.6 Å². The van der Waals surface area contributed by atoms with Crippen LogP contribution in [0.3, 0.4) is 0 Å². The third-order valence-electron chi connectivity index (χ3n) is 3.56. The maximum absolute atomic E-state index is 13.0. The number of anilines is 3. The van der Waals surface area contributed by atoms with Gasteiger partial charge in [-0.3, -0.25) is 0 Å². The van der Waals surface area contributed by atoms with Crippen molar-refractivity contribution in [2.24, 2.45) is 0 Å². The molecule has 0 atom stereocenters. The van der Waals surface area contributed by atoms with Gasteiger partial charge in [0.25, 0.3) is 0 Å². The minimum Gasteiger partial charge on any atom is -0.370 e. The molecule has 0 fully saturated rings. The Morgan fingerprint density at radius 2 is 1.76 bits per heavy atom. The van der Waals surface area contributed by atoms with Gasteiger partial charge in [-0.2, -0.15) is 0 Å². The molecular formula is C19H18ClFN4. The van der Waals surface area contributed by atoms with Crippen molar-refractivity contribution in [3.8, 4) is 0 Å². The summed E-state index contributed by atoms with van der Waals surface area (Å²) in [6.07, 6.45) is 0.838. The molecule has 0 bridgehead atoms. The van der Waals surface area contributed by atoms with E-state index in [0.717, 1.165) is 35.1 Å². The van der Waals surface area contributed by atoms with Gasteiger partial charge in [0, 0.05) is 23.3 Å². The number of halogens is 2. The fraction of sp³-hybridized carbons (Fsp3) is 0.158. The van der Waals surface area contributed by atoms with Crippen LogP contribution in [0.5, 0.6) is 0 Å². The Balaban J connectivity index is 1.63. The maximum Gasteiger partial charge on any atom is 0.136 e. The number of rotatable bonds is 6. The molecule has 3 rings (SSSR count). The van der Waals surface area contributed by atoms with E-state index in [2.05, 4.69) is 20.6 Å². The predicted octanol–water partition coefficient (Wildman–Crippen LogP) is 4.98. The first-order valence-corrected chi connectivity index (χ1v) is 8.33. The van der Waals surface area contributed by atoms with Crippen LogP contribution in [0.15, 0.2) is 54.6 Å². The molecule has 0 aliphatic heterocycles. The first kappa shape index (κ1) is 17.2. The van der Waals surface area contributed by atoms with Gasteiger partial charge in [-0.15, -0.1) is 0 Å². The summed E-state index contributed by atoms with van der Waals surface area (Å²) in [5.74, 6) is 1.77. The Labute approximate surface area is 151 Å². The van der Waals surface area contributed by atoms with Crippen molar-refractivity contribution in [2.45, 2.75) is 13.3 Å². The molecule has 3 aromatic rings. The molecule has 1 heterocycles. The molecule has 4 nitrogen and oxygen atoms in total. The van der Waals surface area contributed by atoms with Crippen molar-refractivity contribution in [1.29, 1.82) is 0 Å². The summed E-state index contributed by atoms with van der Waals surface area (Å²) in [5.41, 5.74) is 1.93. The van der Waals surface area contributed by atoms with Gasteiger partial charge in [0.1, 0.15) is 23.3 Å². The van der Waals surface area contributed by atoms with Gasteiger partial charge in [0.05, 0.1) is 0 Å². The van der Waals surface area contributed by atoms with Crippen LogP contribution in [-0.2, 0) is 6.42 Å². The summed E-state index contributed by atoms with van der Waals surface area (Å²) in [6, 6.07) is 15.8. The van der Waals surface area contributed by atoms with E-state index in [1.165, 1.54) is 12.1 Å². The predicted molar refractivity (Wildman–Crippen MR) is 100 cm³/mol. The second kappa shape index (κ2) is 7.94.